The van der Waals surface area contributed by atoms with Gasteiger partial charge in [-0.05, 0) is 0 Å². The Morgan fingerprint density at radius 2 is 1.50 bits per heavy atom. The quantitative estimate of drug-likeness (QED) is 0.427. The molecular weight excluding hydrogens is 540 g/mol. The number of anilines is 1. The van der Waals surface area contributed by atoms with Crippen LogP contribution < -0.4 is 27.7 Å². The Bertz CT molecular complexity index is 604. The van der Waals surface area contributed by atoms with Gasteiger partial charge in [0.2, 0.25) is 0 Å². The van der Waals surface area contributed by atoms with Gasteiger partial charge in [-0.1, -0.05) is 0 Å². The van der Waals surface area contributed by atoms with Crippen molar-refractivity contribution in [3.05, 3.63) is 52.7 Å². The average molecular weight is 564 g/mol. The molecule has 0 saturated carbocycles. The summed E-state index contributed by atoms with van der Waals surface area (Å²) in [6, 6.07) is 11.1. The molecule has 1 aromatic carbocycles. The largest absolute Gasteiger partial charge is 1.00 e. The van der Waals surface area contributed by atoms with Crippen LogP contribution in [0.2, 0.25) is 11.5 Å². The normalized spacial score (nSPS) is 16.7. The first kappa shape index (κ1) is 22.5. The molecule has 0 heterocycles. The van der Waals surface area contributed by atoms with Gasteiger partial charge >= 0.3 is 137 Å². The molecular formula is C17H24Cl2GeHfN. The van der Waals surface area contributed by atoms with Crippen molar-refractivity contribution in [2.24, 2.45) is 5.92 Å². The molecule has 0 N–H and O–H groups in total. The zero-order chi connectivity index (χ0) is 14.9. The van der Waals surface area contributed by atoms with E-state index in [0.29, 0.717) is 5.92 Å². The summed E-state index contributed by atoms with van der Waals surface area (Å²) in [7, 11) is -0.746. The maximum Gasteiger partial charge on any atom is -1.00 e. The molecule has 0 amide bonds. The number of rotatable bonds is 3. The van der Waals surface area contributed by atoms with Crippen LogP contribution in [0.3, 0.4) is 0 Å². The van der Waals surface area contributed by atoms with Gasteiger partial charge in [0.1, 0.15) is 0 Å². The first-order chi connectivity index (χ1) is 9.43. The van der Waals surface area contributed by atoms with Gasteiger partial charge in [0, 0.05) is 0 Å². The zero-order valence-electron chi connectivity index (χ0n) is 14.2. The molecule has 0 radical (unpaired) electrons. The Hall–Kier alpha value is 0.493. The Labute approximate surface area is 160 Å². The van der Waals surface area contributed by atoms with Gasteiger partial charge < -0.3 is 24.8 Å². The van der Waals surface area contributed by atoms with Crippen molar-refractivity contribution in [3.8, 4) is 0 Å². The molecule has 1 aromatic rings. The molecule has 0 aliphatic heterocycles. The number of hydrogen-bond donors (Lipinski definition) is 0. The molecule has 119 valence electrons. The molecule has 2 rings (SSSR count). The van der Waals surface area contributed by atoms with Gasteiger partial charge in [0.25, 0.3) is 0 Å². The Morgan fingerprint density at radius 3 is 1.91 bits per heavy atom. The molecule has 0 spiro atoms. The van der Waals surface area contributed by atoms with E-state index in [0.717, 1.165) is 0 Å². The molecule has 0 bridgehead atoms. The molecule has 1 aliphatic carbocycles. The minimum Gasteiger partial charge on any atom is -1.00 e. The van der Waals surface area contributed by atoms with Gasteiger partial charge in [-0.2, -0.15) is 0 Å². The number of nitrogens with zero attached hydrogens (tertiary/aromatic N) is 1. The maximum atomic E-state index is 2.79. The fourth-order valence-electron chi connectivity index (χ4n) is 2.77. The summed E-state index contributed by atoms with van der Waals surface area (Å²) < 4.78 is 2.79. The third-order valence-corrected chi connectivity index (χ3v) is 19.9. The predicted molar refractivity (Wildman–Crippen MR) is 86.6 cm³/mol. The standard InChI is InChI=1S/C15H18N.C2H6Ge.2ClH.Hf/c1-10-11(2)13(4)15(12(10)3)16-14-8-6-5-7-9-14;1-3-2;;;/h5-9,12H,1-4H3;1-2H3;2*1H;/q-1;;;;+3/p-2. The van der Waals surface area contributed by atoms with Crippen molar-refractivity contribution in [3.63, 3.8) is 0 Å². The van der Waals surface area contributed by atoms with Gasteiger partial charge in [-0.3, -0.25) is 0 Å². The van der Waals surface area contributed by atoms with E-state index >= 15 is 0 Å². The summed E-state index contributed by atoms with van der Waals surface area (Å²) in [6.45, 7) is 9.31. The van der Waals surface area contributed by atoms with Crippen molar-refractivity contribution in [2.45, 2.75) is 39.2 Å². The van der Waals surface area contributed by atoms with Crippen LogP contribution in [-0.4, -0.2) is 10.1 Å². The minimum absolute atomic E-state index is 0. The molecule has 1 aliphatic rings. The van der Waals surface area contributed by atoms with Gasteiger partial charge in [-0.25, -0.2) is 0 Å². The maximum absolute atomic E-state index is 2.79. The van der Waals surface area contributed by atoms with E-state index in [1.807, 2.05) is 0 Å². The van der Waals surface area contributed by atoms with Crippen LogP contribution in [0.1, 0.15) is 27.7 Å². The summed E-state index contributed by atoms with van der Waals surface area (Å²) in [4.78, 5) is 0. The fourth-order valence-corrected chi connectivity index (χ4v) is 19.1. The van der Waals surface area contributed by atoms with Gasteiger partial charge in [-0.15, -0.1) is 0 Å². The molecule has 1 nitrogen and oxygen atoms in total. The third kappa shape index (κ3) is 4.75. The van der Waals surface area contributed by atoms with E-state index in [4.69, 9.17) is 0 Å². The second-order valence-corrected chi connectivity index (χ2v) is 34.9. The number of hydrogen-bond acceptors (Lipinski definition) is 1. The van der Waals surface area contributed by atoms with Crippen LogP contribution in [0.4, 0.5) is 5.69 Å². The molecule has 1 unspecified atom stereocenters. The van der Waals surface area contributed by atoms with Gasteiger partial charge in [0.15, 0.2) is 0 Å². The second-order valence-electron chi connectivity index (χ2n) is 5.82. The first-order valence-corrected chi connectivity index (χ1v) is 23.4. The van der Waals surface area contributed by atoms with E-state index in [9.17, 15) is 0 Å². The summed E-state index contributed by atoms with van der Waals surface area (Å²) in [5, 5.41) is 0. The Morgan fingerprint density at radius 1 is 0.955 bits per heavy atom. The predicted octanol–water partition coefficient (Wildman–Crippen LogP) is -0.990. The monoisotopic (exact) mass is 566 g/mol. The van der Waals surface area contributed by atoms with Crippen molar-refractivity contribution < 1.29 is 44.9 Å². The minimum atomic E-state index is -0.746. The number of allylic oxidation sites excluding steroid dienone is 3. The third-order valence-electron chi connectivity index (χ3n) is 4.19. The molecule has 5 heteroatoms. The molecule has 0 fully saturated rings. The SMILES string of the molecule is CC1=C(C)C(C)C([N]([Hf+2]=[Ge]([CH3])[CH3])c2ccccc2)=C1C.[Cl-].[Cl-]. The van der Waals surface area contributed by atoms with E-state index in [1.165, 1.54) is 16.8 Å². The summed E-state index contributed by atoms with van der Waals surface area (Å²) in [5.41, 5.74) is 7.67. The molecule has 0 aromatic heterocycles. The Kier molecular flexibility index (Phi) is 9.93. The van der Waals surface area contributed by atoms with Crippen molar-refractivity contribution >= 4 is 15.7 Å². The average Bonchev–Trinajstić information content (AvgIpc) is 2.62. The fraction of sp³-hybridized carbons (Fsp3) is 0.412. The Balaban J connectivity index is 0.00000220. The van der Waals surface area contributed by atoms with Crippen molar-refractivity contribution in [1.29, 1.82) is 0 Å². The van der Waals surface area contributed by atoms with Crippen LogP contribution in [0, 0.1) is 5.92 Å². The van der Waals surface area contributed by atoms with E-state index in [-0.39, 0.29) is 24.8 Å². The van der Waals surface area contributed by atoms with E-state index in [1.54, 1.807) is 11.3 Å². The first-order valence-electron chi connectivity index (χ1n) is 7.24. The number of halogens is 2. The van der Waals surface area contributed by atoms with Crippen LogP contribution in [-0.2, 0) is 20.1 Å². The number of benzene rings is 1. The molecule has 1 atom stereocenters. The van der Waals surface area contributed by atoms with Crippen molar-refractivity contribution in [2.75, 3.05) is 2.89 Å². The van der Waals surface area contributed by atoms with Crippen LogP contribution in [0.5, 0.6) is 0 Å². The van der Waals surface area contributed by atoms with Crippen molar-refractivity contribution in [1.82, 2.24) is 0 Å². The van der Waals surface area contributed by atoms with Crippen LogP contribution >= 0.6 is 0 Å². The number of para-hydroxylation sites is 1. The zero-order valence-corrected chi connectivity index (χ0v) is 21.4. The topological polar surface area (TPSA) is 3.24 Å². The van der Waals surface area contributed by atoms with Gasteiger partial charge in [0.05, 0.1) is 0 Å². The molecule has 22 heavy (non-hydrogen) atoms. The van der Waals surface area contributed by atoms with Crippen LogP contribution in [0.25, 0.3) is 0 Å². The van der Waals surface area contributed by atoms with E-state index in [2.05, 4.69) is 72.4 Å². The second kappa shape index (κ2) is 9.71. The summed E-state index contributed by atoms with van der Waals surface area (Å²) in [6.07, 6.45) is 0. The summed E-state index contributed by atoms with van der Waals surface area (Å²) in [5.74, 6) is 5.68. The smallest absolute Gasteiger partial charge is 1.00 e. The van der Waals surface area contributed by atoms with E-state index < -0.39 is 30.2 Å². The van der Waals surface area contributed by atoms with Crippen LogP contribution in [0.15, 0.2) is 52.7 Å². The molecule has 0 saturated heterocycles. The summed E-state index contributed by atoms with van der Waals surface area (Å²) >= 11 is -0.721.